The van der Waals surface area contributed by atoms with E-state index < -0.39 is 10.0 Å². The van der Waals surface area contributed by atoms with E-state index in [-0.39, 0.29) is 17.3 Å². The molecule has 1 aromatic carbocycles. The summed E-state index contributed by atoms with van der Waals surface area (Å²) in [5, 5.41) is 0. The van der Waals surface area contributed by atoms with Gasteiger partial charge in [0.1, 0.15) is 5.82 Å². The minimum absolute atomic E-state index is 0.118. The van der Waals surface area contributed by atoms with Gasteiger partial charge in [0.25, 0.3) is 0 Å². The van der Waals surface area contributed by atoms with Crippen LogP contribution in [0.2, 0.25) is 0 Å². The third kappa shape index (κ3) is 4.94. The fraction of sp³-hybridized carbons (Fsp3) is 0.682. The molecular formula is C22H35N3O3S. The second-order valence-electron chi connectivity index (χ2n) is 9.09. The van der Waals surface area contributed by atoms with Gasteiger partial charge in [-0.3, -0.25) is 4.31 Å². The van der Waals surface area contributed by atoms with Crippen LogP contribution >= 0.6 is 0 Å². The van der Waals surface area contributed by atoms with Gasteiger partial charge in [0, 0.05) is 19.1 Å². The van der Waals surface area contributed by atoms with Gasteiger partial charge in [0.2, 0.25) is 10.0 Å². The summed E-state index contributed by atoms with van der Waals surface area (Å²) in [6.07, 6.45) is 5.13. The standard InChI is InChI=1S/C22H35N3O3S/c1-6-7-14-29(26,27)24(5)17-11-12-20-19(15-17)23-21(22(2,3)4)25(20)16-18-10-8-9-13-28-18/h11-12,15,18H,6-10,13-14,16H2,1-5H3. The topological polar surface area (TPSA) is 64.4 Å². The zero-order valence-corrected chi connectivity index (χ0v) is 19.3. The maximum atomic E-state index is 12.6. The summed E-state index contributed by atoms with van der Waals surface area (Å²) in [6, 6.07) is 5.78. The minimum Gasteiger partial charge on any atom is -0.376 e. The molecule has 1 atom stereocenters. The highest BCUT2D eigenvalue weighted by Crippen LogP contribution is 2.30. The summed E-state index contributed by atoms with van der Waals surface area (Å²) in [6.45, 7) is 10.1. The highest BCUT2D eigenvalue weighted by molar-refractivity contribution is 7.92. The molecule has 0 saturated carbocycles. The van der Waals surface area contributed by atoms with Gasteiger partial charge in [0.05, 0.1) is 35.1 Å². The van der Waals surface area contributed by atoms with E-state index in [1.165, 1.54) is 10.7 Å². The number of sulfonamides is 1. The Hall–Kier alpha value is -1.60. The van der Waals surface area contributed by atoms with E-state index in [4.69, 9.17) is 9.72 Å². The van der Waals surface area contributed by atoms with E-state index in [9.17, 15) is 8.42 Å². The van der Waals surface area contributed by atoms with Gasteiger partial charge in [0.15, 0.2) is 0 Å². The molecule has 0 spiro atoms. The minimum atomic E-state index is -3.32. The van der Waals surface area contributed by atoms with Gasteiger partial charge in [-0.1, -0.05) is 34.1 Å². The normalized spacial score (nSPS) is 18.3. The summed E-state index contributed by atoms with van der Waals surface area (Å²) >= 11 is 0. The number of benzene rings is 1. The fourth-order valence-corrected chi connectivity index (χ4v) is 5.21. The van der Waals surface area contributed by atoms with Crippen molar-refractivity contribution in [2.24, 2.45) is 0 Å². The number of fused-ring (bicyclic) bond motifs is 1. The molecule has 7 heteroatoms. The molecule has 0 aliphatic carbocycles. The third-order valence-electron chi connectivity index (χ3n) is 5.60. The molecule has 6 nitrogen and oxygen atoms in total. The lowest BCUT2D eigenvalue weighted by Gasteiger charge is -2.26. The van der Waals surface area contributed by atoms with Crippen LogP contribution in [0.1, 0.15) is 65.6 Å². The molecule has 0 amide bonds. The number of hydrogen-bond donors (Lipinski definition) is 0. The molecule has 1 aromatic heterocycles. The van der Waals surface area contributed by atoms with E-state index in [0.29, 0.717) is 12.1 Å². The first-order valence-corrected chi connectivity index (χ1v) is 12.3. The molecule has 0 bridgehead atoms. The molecule has 1 aliphatic rings. The zero-order valence-electron chi connectivity index (χ0n) is 18.4. The van der Waals surface area contributed by atoms with Crippen molar-refractivity contribution in [1.29, 1.82) is 0 Å². The van der Waals surface area contributed by atoms with E-state index >= 15 is 0 Å². The smallest absolute Gasteiger partial charge is 0.234 e. The van der Waals surface area contributed by atoms with Gasteiger partial charge in [-0.15, -0.1) is 0 Å². The third-order valence-corrected chi connectivity index (χ3v) is 7.45. The van der Waals surface area contributed by atoms with Crippen LogP contribution in [-0.4, -0.2) is 43.5 Å². The van der Waals surface area contributed by atoms with Crippen molar-refractivity contribution in [3.05, 3.63) is 24.0 Å². The van der Waals surface area contributed by atoms with Crippen LogP contribution in [-0.2, 0) is 26.7 Å². The number of imidazole rings is 1. The molecule has 0 N–H and O–H groups in total. The summed E-state index contributed by atoms with van der Waals surface area (Å²) < 4.78 is 34.8. The van der Waals surface area contributed by atoms with Crippen LogP contribution in [0.3, 0.4) is 0 Å². The van der Waals surface area contributed by atoms with Crippen molar-refractivity contribution in [3.8, 4) is 0 Å². The van der Waals surface area contributed by atoms with Crippen molar-refractivity contribution >= 4 is 26.7 Å². The Morgan fingerprint density at radius 1 is 1.28 bits per heavy atom. The van der Waals surface area contributed by atoms with Crippen LogP contribution in [0.15, 0.2) is 18.2 Å². The Labute approximate surface area is 175 Å². The van der Waals surface area contributed by atoms with Crippen molar-refractivity contribution in [2.75, 3.05) is 23.7 Å². The first-order chi connectivity index (χ1) is 13.6. The predicted octanol–water partition coefficient (Wildman–Crippen LogP) is 4.47. The Morgan fingerprint density at radius 3 is 2.66 bits per heavy atom. The molecule has 2 heterocycles. The van der Waals surface area contributed by atoms with Gasteiger partial charge in [-0.25, -0.2) is 13.4 Å². The van der Waals surface area contributed by atoms with Crippen LogP contribution in [0, 0.1) is 0 Å². The number of aromatic nitrogens is 2. The van der Waals surface area contributed by atoms with Crippen LogP contribution in [0.4, 0.5) is 5.69 Å². The van der Waals surface area contributed by atoms with Crippen molar-refractivity contribution in [2.45, 2.75) is 77.9 Å². The SMILES string of the molecule is CCCCS(=O)(=O)N(C)c1ccc2c(c1)nc(C(C)(C)C)n2CC1CCCCO1. The molecule has 3 rings (SSSR count). The Morgan fingerprint density at radius 2 is 2.03 bits per heavy atom. The fourth-order valence-electron chi connectivity index (χ4n) is 3.85. The largest absolute Gasteiger partial charge is 0.376 e. The molecule has 1 unspecified atom stereocenters. The average Bonchev–Trinajstić information content (AvgIpc) is 3.04. The molecule has 1 aliphatic heterocycles. The highest BCUT2D eigenvalue weighted by atomic mass is 32.2. The van der Waals surface area contributed by atoms with E-state index in [1.807, 2.05) is 25.1 Å². The van der Waals surface area contributed by atoms with Gasteiger partial charge in [-0.05, 0) is 43.9 Å². The summed E-state index contributed by atoms with van der Waals surface area (Å²) in [5.74, 6) is 1.17. The lowest BCUT2D eigenvalue weighted by atomic mass is 9.95. The second-order valence-corrected chi connectivity index (χ2v) is 11.2. The summed E-state index contributed by atoms with van der Waals surface area (Å²) in [5.41, 5.74) is 2.41. The monoisotopic (exact) mass is 421 g/mol. The van der Waals surface area contributed by atoms with E-state index in [0.717, 1.165) is 49.3 Å². The van der Waals surface area contributed by atoms with Gasteiger partial charge in [-0.2, -0.15) is 0 Å². The summed E-state index contributed by atoms with van der Waals surface area (Å²) in [7, 11) is -1.69. The second kappa shape index (κ2) is 8.64. The number of anilines is 1. The molecule has 0 radical (unpaired) electrons. The molecular weight excluding hydrogens is 386 g/mol. The first kappa shape index (κ1) is 22.1. The molecule has 1 fully saturated rings. The lowest BCUT2D eigenvalue weighted by Crippen LogP contribution is -2.29. The maximum Gasteiger partial charge on any atom is 0.234 e. The molecule has 2 aromatic rings. The lowest BCUT2D eigenvalue weighted by molar-refractivity contribution is 0.00583. The average molecular weight is 422 g/mol. The van der Waals surface area contributed by atoms with Crippen molar-refractivity contribution in [3.63, 3.8) is 0 Å². The number of hydrogen-bond acceptors (Lipinski definition) is 4. The zero-order chi connectivity index (χ0) is 21.2. The van der Waals surface area contributed by atoms with E-state index in [1.54, 1.807) is 7.05 Å². The Balaban J connectivity index is 1.98. The van der Waals surface area contributed by atoms with Crippen molar-refractivity contribution in [1.82, 2.24) is 9.55 Å². The number of unbranched alkanes of at least 4 members (excludes halogenated alkanes) is 1. The van der Waals surface area contributed by atoms with Crippen LogP contribution in [0.5, 0.6) is 0 Å². The maximum absolute atomic E-state index is 12.6. The molecule has 162 valence electrons. The quantitative estimate of drug-likeness (QED) is 0.662. The number of rotatable bonds is 7. The van der Waals surface area contributed by atoms with Crippen molar-refractivity contribution < 1.29 is 13.2 Å². The highest BCUT2D eigenvalue weighted by Gasteiger charge is 2.26. The van der Waals surface area contributed by atoms with Gasteiger partial charge >= 0.3 is 0 Å². The van der Waals surface area contributed by atoms with E-state index in [2.05, 4.69) is 25.3 Å². The van der Waals surface area contributed by atoms with Crippen LogP contribution in [0.25, 0.3) is 11.0 Å². The Bertz CT molecular complexity index is 938. The predicted molar refractivity (Wildman–Crippen MR) is 119 cm³/mol. The summed E-state index contributed by atoms with van der Waals surface area (Å²) in [4.78, 5) is 4.92. The van der Waals surface area contributed by atoms with Crippen LogP contribution < -0.4 is 4.31 Å². The Kier molecular flexibility index (Phi) is 6.58. The number of ether oxygens (including phenoxy) is 1. The first-order valence-electron chi connectivity index (χ1n) is 10.7. The van der Waals surface area contributed by atoms with Gasteiger partial charge < -0.3 is 9.30 Å². The molecule has 1 saturated heterocycles. The number of nitrogens with zero attached hydrogens (tertiary/aromatic N) is 3. The molecule has 29 heavy (non-hydrogen) atoms.